The Morgan fingerprint density at radius 2 is 2.25 bits per heavy atom. The molecule has 1 aromatic heterocycles. The minimum absolute atomic E-state index is 0.0546. The third-order valence-corrected chi connectivity index (χ3v) is 4.05. The number of hydrogen-bond donors (Lipinski definition) is 3. The van der Waals surface area contributed by atoms with Crippen LogP contribution < -0.4 is 15.4 Å². The van der Waals surface area contributed by atoms with Crippen LogP contribution in [0.4, 0.5) is 0 Å². The monoisotopic (exact) mass is 327 g/mol. The molecule has 1 saturated heterocycles. The summed E-state index contributed by atoms with van der Waals surface area (Å²) >= 11 is 0. The third-order valence-electron chi connectivity index (χ3n) is 4.05. The van der Waals surface area contributed by atoms with E-state index in [0.717, 1.165) is 12.1 Å². The van der Waals surface area contributed by atoms with Gasteiger partial charge in [0.05, 0.1) is 6.10 Å². The van der Waals surface area contributed by atoms with E-state index in [4.69, 9.17) is 4.74 Å². The molecule has 2 unspecified atom stereocenters. The molecule has 126 valence electrons. The maximum absolute atomic E-state index is 12.3. The van der Waals surface area contributed by atoms with Crippen LogP contribution in [0.25, 0.3) is 0 Å². The molecule has 2 atom stereocenters. The highest BCUT2D eigenvalue weighted by molar-refractivity contribution is 5.94. The van der Waals surface area contributed by atoms with E-state index < -0.39 is 6.10 Å². The van der Waals surface area contributed by atoms with Crippen molar-refractivity contribution < 1.29 is 14.6 Å². The average molecular weight is 327 g/mol. The highest BCUT2D eigenvalue weighted by Crippen LogP contribution is 2.15. The molecule has 1 aromatic carbocycles. The van der Waals surface area contributed by atoms with E-state index in [1.807, 2.05) is 18.2 Å². The van der Waals surface area contributed by atoms with E-state index in [1.165, 1.54) is 0 Å². The Morgan fingerprint density at radius 1 is 1.33 bits per heavy atom. The average Bonchev–Trinajstić information content (AvgIpc) is 3.04. The SMILES string of the molecule is O=C(NCC1CNCC1O)c1cccc(OCc2cccnc2)c1. The van der Waals surface area contributed by atoms with Crippen LogP contribution in [-0.4, -0.2) is 41.7 Å². The van der Waals surface area contributed by atoms with Crippen LogP contribution in [0.15, 0.2) is 48.8 Å². The van der Waals surface area contributed by atoms with Gasteiger partial charge in [-0.3, -0.25) is 9.78 Å². The molecule has 24 heavy (non-hydrogen) atoms. The van der Waals surface area contributed by atoms with Gasteiger partial charge in [-0.15, -0.1) is 0 Å². The second-order valence-electron chi connectivity index (χ2n) is 5.87. The fourth-order valence-electron chi connectivity index (χ4n) is 2.63. The van der Waals surface area contributed by atoms with Gasteiger partial charge in [-0.05, 0) is 24.3 Å². The van der Waals surface area contributed by atoms with E-state index >= 15 is 0 Å². The smallest absolute Gasteiger partial charge is 0.251 e. The van der Waals surface area contributed by atoms with Crippen molar-refractivity contribution in [1.29, 1.82) is 0 Å². The second kappa shape index (κ2) is 7.90. The van der Waals surface area contributed by atoms with Crippen LogP contribution in [0, 0.1) is 5.92 Å². The Labute approximate surface area is 140 Å². The Kier molecular flexibility index (Phi) is 5.40. The number of amides is 1. The molecule has 1 aliphatic heterocycles. The van der Waals surface area contributed by atoms with Gasteiger partial charge in [-0.1, -0.05) is 12.1 Å². The van der Waals surface area contributed by atoms with Gasteiger partial charge in [0.1, 0.15) is 12.4 Å². The predicted molar refractivity (Wildman–Crippen MR) is 89.7 cm³/mol. The van der Waals surface area contributed by atoms with Crippen molar-refractivity contribution in [3.05, 3.63) is 59.9 Å². The molecule has 0 saturated carbocycles. The molecule has 0 bridgehead atoms. The van der Waals surface area contributed by atoms with E-state index in [1.54, 1.807) is 30.6 Å². The molecule has 0 radical (unpaired) electrons. The third kappa shape index (κ3) is 4.31. The molecule has 3 N–H and O–H groups in total. The number of aromatic nitrogens is 1. The molecule has 6 heteroatoms. The topological polar surface area (TPSA) is 83.5 Å². The van der Waals surface area contributed by atoms with Crippen LogP contribution in [-0.2, 0) is 6.61 Å². The minimum atomic E-state index is -0.403. The van der Waals surface area contributed by atoms with Crippen molar-refractivity contribution >= 4 is 5.91 Å². The van der Waals surface area contributed by atoms with Gasteiger partial charge in [0, 0.05) is 49.1 Å². The number of hydrogen-bond acceptors (Lipinski definition) is 5. The lowest BCUT2D eigenvalue weighted by molar-refractivity contribution is 0.0926. The zero-order valence-corrected chi connectivity index (χ0v) is 13.3. The fraction of sp³-hybridized carbons (Fsp3) is 0.333. The van der Waals surface area contributed by atoms with Crippen LogP contribution in [0.3, 0.4) is 0 Å². The highest BCUT2D eigenvalue weighted by atomic mass is 16.5. The number of rotatable bonds is 6. The predicted octanol–water partition coefficient (Wildman–Crippen LogP) is 0.971. The molecule has 0 aliphatic carbocycles. The first-order chi connectivity index (χ1) is 11.7. The molecule has 3 rings (SSSR count). The number of pyridine rings is 1. The quantitative estimate of drug-likeness (QED) is 0.736. The van der Waals surface area contributed by atoms with Gasteiger partial charge in [-0.2, -0.15) is 0 Å². The molecule has 1 aliphatic rings. The summed E-state index contributed by atoms with van der Waals surface area (Å²) in [6.45, 7) is 2.15. The maximum atomic E-state index is 12.3. The Morgan fingerprint density at radius 3 is 3.00 bits per heavy atom. The summed E-state index contributed by atoms with van der Waals surface area (Å²) in [4.78, 5) is 16.3. The summed E-state index contributed by atoms with van der Waals surface area (Å²) in [6.07, 6.45) is 3.06. The van der Waals surface area contributed by atoms with E-state index in [2.05, 4.69) is 15.6 Å². The van der Waals surface area contributed by atoms with Crippen LogP contribution >= 0.6 is 0 Å². The van der Waals surface area contributed by atoms with Crippen molar-refractivity contribution in [2.45, 2.75) is 12.7 Å². The number of ether oxygens (including phenoxy) is 1. The lowest BCUT2D eigenvalue weighted by Crippen LogP contribution is -2.34. The Balaban J connectivity index is 1.55. The summed E-state index contributed by atoms with van der Waals surface area (Å²) in [5.74, 6) is 0.522. The molecular formula is C18H21N3O3. The summed E-state index contributed by atoms with van der Waals surface area (Å²) in [5, 5.41) is 15.7. The van der Waals surface area contributed by atoms with Crippen molar-refractivity contribution in [2.24, 2.45) is 5.92 Å². The molecule has 1 amide bonds. The van der Waals surface area contributed by atoms with Crippen molar-refractivity contribution in [3.63, 3.8) is 0 Å². The number of aliphatic hydroxyl groups excluding tert-OH is 1. The first kappa shape index (κ1) is 16.4. The normalized spacial score (nSPS) is 19.9. The number of β-amino-alcohol motifs (C(OH)–C–C–N with tert-alkyl or cyclic N) is 1. The van der Waals surface area contributed by atoms with Crippen LogP contribution in [0.5, 0.6) is 5.75 Å². The minimum Gasteiger partial charge on any atom is -0.489 e. The molecule has 2 heterocycles. The van der Waals surface area contributed by atoms with E-state index in [9.17, 15) is 9.90 Å². The zero-order valence-electron chi connectivity index (χ0n) is 13.3. The summed E-state index contributed by atoms with van der Waals surface area (Å²) in [6, 6.07) is 10.9. The number of nitrogens with one attached hydrogen (secondary N) is 2. The number of carbonyl (C=O) groups excluding carboxylic acids is 1. The van der Waals surface area contributed by atoms with Gasteiger partial charge in [0.15, 0.2) is 0 Å². The summed E-state index contributed by atoms with van der Waals surface area (Å²) in [5.41, 5.74) is 1.51. The van der Waals surface area contributed by atoms with Gasteiger partial charge in [0.2, 0.25) is 0 Å². The Hall–Kier alpha value is -2.44. The van der Waals surface area contributed by atoms with Crippen molar-refractivity contribution in [1.82, 2.24) is 15.6 Å². The molecule has 1 fully saturated rings. The first-order valence-electron chi connectivity index (χ1n) is 8.01. The number of benzene rings is 1. The first-order valence-corrected chi connectivity index (χ1v) is 8.01. The second-order valence-corrected chi connectivity index (χ2v) is 5.87. The van der Waals surface area contributed by atoms with E-state index in [0.29, 0.717) is 31.0 Å². The summed E-state index contributed by atoms with van der Waals surface area (Å²) in [7, 11) is 0. The molecular weight excluding hydrogens is 306 g/mol. The standard InChI is InChI=1S/C18H21N3O3/c22-17-11-20-9-15(17)10-21-18(23)14-4-1-5-16(7-14)24-12-13-3-2-6-19-8-13/h1-8,15,17,20,22H,9-12H2,(H,21,23). The number of aliphatic hydroxyl groups is 1. The van der Waals surface area contributed by atoms with Crippen molar-refractivity contribution in [2.75, 3.05) is 19.6 Å². The largest absolute Gasteiger partial charge is 0.489 e. The number of nitrogens with zero attached hydrogens (tertiary/aromatic N) is 1. The molecule has 2 aromatic rings. The van der Waals surface area contributed by atoms with Gasteiger partial charge < -0.3 is 20.5 Å². The van der Waals surface area contributed by atoms with E-state index in [-0.39, 0.29) is 11.8 Å². The highest BCUT2D eigenvalue weighted by Gasteiger charge is 2.25. The van der Waals surface area contributed by atoms with Crippen LogP contribution in [0.1, 0.15) is 15.9 Å². The van der Waals surface area contributed by atoms with Gasteiger partial charge >= 0.3 is 0 Å². The maximum Gasteiger partial charge on any atom is 0.251 e. The van der Waals surface area contributed by atoms with Gasteiger partial charge in [-0.25, -0.2) is 0 Å². The summed E-state index contributed by atoms with van der Waals surface area (Å²) < 4.78 is 5.71. The lowest BCUT2D eigenvalue weighted by Gasteiger charge is -2.14. The van der Waals surface area contributed by atoms with Crippen molar-refractivity contribution in [3.8, 4) is 5.75 Å². The van der Waals surface area contributed by atoms with Gasteiger partial charge in [0.25, 0.3) is 5.91 Å². The molecule has 0 spiro atoms. The Bertz CT molecular complexity index is 678. The van der Waals surface area contributed by atoms with Crippen LogP contribution in [0.2, 0.25) is 0 Å². The molecule has 6 nitrogen and oxygen atoms in total. The number of carbonyl (C=O) groups is 1. The lowest BCUT2D eigenvalue weighted by atomic mass is 10.1. The fourth-order valence-corrected chi connectivity index (χ4v) is 2.63. The zero-order chi connectivity index (χ0) is 16.8.